The van der Waals surface area contributed by atoms with Crippen LogP contribution in [0.15, 0.2) is 0 Å². The van der Waals surface area contributed by atoms with E-state index in [1.54, 1.807) is 0 Å². The summed E-state index contributed by atoms with van der Waals surface area (Å²) >= 11 is 0. The van der Waals surface area contributed by atoms with Crippen LogP contribution in [0.2, 0.25) is 0 Å². The molecule has 0 saturated heterocycles. The number of aliphatic hydroxyl groups excluding tert-OH is 2. The maximum atomic E-state index is 9.79. The van der Waals surface area contributed by atoms with Crippen molar-refractivity contribution >= 4 is 0 Å². The summed E-state index contributed by atoms with van der Waals surface area (Å²) < 4.78 is 0. The van der Waals surface area contributed by atoms with Crippen LogP contribution in [0.4, 0.5) is 0 Å². The Morgan fingerprint density at radius 3 is 0.833 bits per heavy atom. The van der Waals surface area contributed by atoms with Gasteiger partial charge in [-0.05, 0) is 19.3 Å². The average Bonchev–Trinajstić information content (AvgIpc) is 2.89. The van der Waals surface area contributed by atoms with Gasteiger partial charge in [-0.15, -0.1) is 0 Å². The predicted octanol–water partition coefficient (Wildman–Crippen LogP) is 11.7. The second-order valence-corrected chi connectivity index (χ2v) is 11.4. The van der Waals surface area contributed by atoms with Crippen molar-refractivity contribution in [2.24, 2.45) is 0 Å². The first-order valence-electron chi connectivity index (χ1n) is 17.0. The summed E-state index contributed by atoms with van der Waals surface area (Å²) in [7, 11) is 0. The molecule has 0 aromatic rings. The smallest absolute Gasteiger partial charge is 0.0540 e. The summed E-state index contributed by atoms with van der Waals surface area (Å²) in [5.74, 6) is 0. The number of hydrogen-bond donors (Lipinski definition) is 2. The SMILES string of the molecule is CCCCCCCCCC(O)CCCCCC.CCCCCCCCCCCCCCCCCCO. The van der Waals surface area contributed by atoms with E-state index >= 15 is 0 Å². The molecule has 0 rings (SSSR count). The van der Waals surface area contributed by atoms with Gasteiger partial charge in [0.05, 0.1) is 6.10 Å². The Bertz CT molecular complexity index is 328. The molecule has 0 aliphatic rings. The van der Waals surface area contributed by atoms with Crippen LogP contribution in [0.5, 0.6) is 0 Å². The summed E-state index contributed by atoms with van der Waals surface area (Å²) in [6, 6.07) is 0. The fraction of sp³-hybridized carbons (Fsp3) is 1.00. The van der Waals surface area contributed by atoms with Crippen molar-refractivity contribution in [3.05, 3.63) is 0 Å². The third kappa shape index (κ3) is 38.5. The van der Waals surface area contributed by atoms with Crippen LogP contribution in [0.1, 0.15) is 207 Å². The van der Waals surface area contributed by atoms with E-state index in [1.807, 2.05) is 0 Å². The minimum Gasteiger partial charge on any atom is -0.396 e. The molecule has 0 amide bonds. The lowest BCUT2D eigenvalue weighted by Gasteiger charge is -2.09. The van der Waals surface area contributed by atoms with Gasteiger partial charge in [0.25, 0.3) is 0 Å². The third-order valence-corrected chi connectivity index (χ3v) is 7.54. The standard InChI is InChI=1S/C18H38O.C16H34O/c1-2-3-4-5-6-7-8-9-10-11-12-13-14-15-16-17-18-19;1-3-5-7-9-10-11-13-15-16(17)14-12-8-6-4-2/h19H,2-18H2,1H3;16-17H,3-15H2,1-2H3. The molecule has 0 spiro atoms. The highest BCUT2D eigenvalue weighted by Crippen LogP contribution is 2.14. The first kappa shape index (κ1) is 38.1. The Balaban J connectivity index is 0. The van der Waals surface area contributed by atoms with Crippen LogP contribution in [0.25, 0.3) is 0 Å². The minimum absolute atomic E-state index is 0.0255. The molecular formula is C34H72O2. The molecule has 2 heteroatoms. The first-order valence-corrected chi connectivity index (χ1v) is 17.0. The van der Waals surface area contributed by atoms with E-state index in [9.17, 15) is 5.11 Å². The summed E-state index contributed by atoms with van der Waals surface area (Å²) in [5, 5.41) is 18.5. The Kier molecular flexibility index (Phi) is 39.2. The van der Waals surface area contributed by atoms with E-state index in [4.69, 9.17) is 5.11 Å². The Morgan fingerprint density at radius 1 is 0.333 bits per heavy atom. The lowest BCUT2D eigenvalue weighted by molar-refractivity contribution is 0.147. The number of aliphatic hydroxyl groups is 2. The second-order valence-electron chi connectivity index (χ2n) is 11.4. The van der Waals surface area contributed by atoms with E-state index in [0.717, 1.165) is 19.3 Å². The van der Waals surface area contributed by atoms with Gasteiger partial charge < -0.3 is 10.2 Å². The van der Waals surface area contributed by atoms with Crippen molar-refractivity contribution in [1.82, 2.24) is 0 Å². The maximum Gasteiger partial charge on any atom is 0.0540 e. The van der Waals surface area contributed by atoms with Crippen LogP contribution >= 0.6 is 0 Å². The molecule has 0 aliphatic carbocycles. The molecule has 0 aromatic heterocycles. The molecule has 0 bridgehead atoms. The largest absolute Gasteiger partial charge is 0.396 e. The fourth-order valence-corrected chi connectivity index (χ4v) is 4.95. The summed E-state index contributed by atoms with van der Waals surface area (Å²) in [4.78, 5) is 0. The Hall–Kier alpha value is -0.0800. The van der Waals surface area contributed by atoms with Crippen LogP contribution in [0, 0.1) is 0 Å². The molecule has 0 fully saturated rings. The van der Waals surface area contributed by atoms with Crippen molar-refractivity contribution in [3.8, 4) is 0 Å². The van der Waals surface area contributed by atoms with Crippen LogP contribution in [0.3, 0.4) is 0 Å². The quantitative estimate of drug-likeness (QED) is 0.0978. The number of hydrogen-bond acceptors (Lipinski definition) is 2. The predicted molar refractivity (Wildman–Crippen MR) is 164 cm³/mol. The monoisotopic (exact) mass is 513 g/mol. The van der Waals surface area contributed by atoms with E-state index in [2.05, 4.69) is 20.8 Å². The molecule has 2 N–H and O–H groups in total. The Labute approximate surface area is 229 Å². The van der Waals surface area contributed by atoms with Crippen LogP contribution in [-0.2, 0) is 0 Å². The molecule has 0 heterocycles. The van der Waals surface area contributed by atoms with Gasteiger partial charge in [-0.3, -0.25) is 0 Å². The van der Waals surface area contributed by atoms with Gasteiger partial charge in [-0.1, -0.05) is 188 Å². The highest BCUT2D eigenvalue weighted by Gasteiger charge is 2.03. The van der Waals surface area contributed by atoms with Crippen molar-refractivity contribution in [2.75, 3.05) is 6.61 Å². The molecule has 0 radical (unpaired) electrons. The van der Waals surface area contributed by atoms with Gasteiger partial charge >= 0.3 is 0 Å². The molecule has 1 atom stereocenters. The normalized spacial score (nSPS) is 11.9. The van der Waals surface area contributed by atoms with Crippen LogP contribution < -0.4 is 0 Å². The summed E-state index contributed by atoms with van der Waals surface area (Å²) in [6.45, 7) is 7.15. The molecule has 1 unspecified atom stereocenters. The first-order chi connectivity index (χ1) is 17.7. The van der Waals surface area contributed by atoms with Gasteiger partial charge in [0.15, 0.2) is 0 Å². The lowest BCUT2D eigenvalue weighted by Crippen LogP contribution is -2.05. The van der Waals surface area contributed by atoms with Crippen LogP contribution in [-0.4, -0.2) is 22.9 Å². The zero-order valence-electron chi connectivity index (χ0n) is 25.7. The zero-order chi connectivity index (χ0) is 26.8. The number of unbranched alkanes of at least 4 members (excludes halogenated alkanes) is 24. The van der Waals surface area contributed by atoms with Gasteiger partial charge in [-0.25, -0.2) is 0 Å². The highest BCUT2D eigenvalue weighted by molar-refractivity contribution is 4.57. The van der Waals surface area contributed by atoms with E-state index in [-0.39, 0.29) is 6.10 Å². The fourth-order valence-electron chi connectivity index (χ4n) is 4.95. The summed E-state index contributed by atoms with van der Waals surface area (Å²) in [5.41, 5.74) is 0. The number of rotatable bonds is 29. The summed E-state index contributed by atoms with van der Waals surface area (Å²) in [6.07, 6.45) is 38.7. The van der Waals surface area contributed by atoms with Gasteiger partial charge in [0.2, 0.25) is 0 Å². The highest BCUT2D eigenvalue weighted by atomic mass is 16.3. The topological polar surface area (TPSA) is 40.5 Å². The lowest BCUT2D eigenvalue weighted by atomic mass is 10.0. The molecule has 0 aliphatic heterocycles. The molecule has 220 valence electrons. The zero-order valence-corrected chi connectivity index (χ0v) is 25.7. The Morgan fingerprint density at radius 2 is 0.556 bits per heavy atom. The molecular weight excluding hydrogens is 440 g/mol. The molecule has 2 nitrogen and oxygen atoms in total. The van der Waals surface area contributed by atoms with E-state index in [1.165, 1.54) is 167 Å². The van der Waals surface area contributed by atoms with E-state index < -0.39 is 0 Å². The van der Waals surface area contributed by atoms with Crippen molar-refractivity contribution in [2.45, 2.75) is 213 Å². The van der Waals surface area contributed by atoms with Gasteiger partial charge in [0.1, 0.15) is 0 Å². The second kappa shape index (κ2) is 37.1. The van der Waals surface area contributed by atoms with E-state index in [0.29, 0.717) is 6.61 Å². The van der Waals surface area contributed by atoms with Gasteiger partial charge in [-0.2, -0.15) is 0 Å². The maximum absolute atomic E-state index is 9.79. The molecule has 0 aromatic carbocycles. The third-order valence-electron chi connectivity index (χ3n) is 7.54. The molecule has 36 heavy (non-hydrogen) atoms. The minimum atomic E-state index is -0.0255. The van der Waals surface area contributed by atoms with Crippen molar-refractivity contribution in [3.63, 3.8) is 0 Å². The van der Waals surface area contributed by atoms with Crippen molar-refractivity contribution < 1.29 is 10.2 Å². The van der Waals surface area contributed by atoms with Crippen molar-refractivity contribution in [1.29, 1.82) is 0 Å². The van der Waals surface area contributed by atoms with Gasteiger partial charge in [0, 0.05) is 6.61 Å². The molecule has 0 saturated carbocycles. The average molecular weight is 513 g/mol.